The number of anilines is 1. The van der Waals surface area contributed by atoms with Gasteiger partial charge in [0.1, 0.15) is 23.8 Å². The number of hydrogen-bond donors (Lipinski definition) is 2. The molecule has 6 rings (SSSR count). The first kappa shape index (κ1) is 25.0. The number of hydrogen-bond acceptors (Lipinski definition) is 6. The van der Waals surface area contributed by atoms with Gasteiger partial charge in [0.15, 0.2) is 0 Å². The summed E-state index contributed by atoms with van der Waals surface area (Å²) in [5.74, 6) is 0.377. The van der Waals surface area contributed by atoms with E-state index in [-0.39, 0.29) is 29.9 Å². The third-order valence-electron chi connectivity index (χ3n) is 7.62. The van der Waals surface area contributed by atoms with Gasteiger partial charge >= 0.3 is 0 Å². The van der Waals surface area contributed by atoms with Crippen molar-refractivity contribution in [1.29, 1.82) is 0 Å². The standard InChI is InChI=1S/C31H29FN4O3/c1-15(2)21-11-27(33)36-16(3)24(21)13-35-31(37)18-6-8-20-23(10-18)30-22-9-17(5-7-19(22)29(20)39-30)25-14-34-28(38-4)12-26(25)32/h5-12,14-15,29-30H,13H2,1-4H3,(H2,33,36)(H,35,37)/t29-,30+/m0/s1. The molecule has 4 aromatic rings. The Balaban J connectivity index is 1.26. The van der Waals surface area contributed by atoms with Crippen LogP contribution in [0.3, 0.4) is 0 Å². The fourth-order valence-corrected chi connectivity index (χ4v) is 5.66. The largest absolute Gasteiger partial charge is 0.481 e. The van der Waals surface area contributed by atoms with E-state index in [0.717, 1.165) is 39.1 Å². The van der Waals surface area contributed by atoms with Crippen molar-refractivity contribution in [2.45, 2.75) is 45.4 Å². The van der Waals surface area contributed by atoms with Crippen molar-refractivity contribution in [2.75, 3.05) is 12.8 Å². The highest BCUT2D eigenvalue weighted by Crippen LogP contribution is 2.54. The highest BCUT2D eigenvalue weighted by atomic mass is 19.1. The minimum Gasteiger partial charge on any atom is -0.481 e. The second kappa shape index (κ2) is 9.47. The van der Waals surface area contributed by atoms with E-state index in [1.165, 1.54) is 19.4 Å². The summed E-state index contributed by atoms with van der Waals surface area (Å²) in [5, 5.41) is 3.05. The van der Waals surface area contributed by atoms with Crippen LogP contribution >= 0.6 is 0 Å². The average molecular weight is 525 g/mol. The summed E-state index contributed by atoms with van der Waals surface area (Å²) in [7, 11) is 1.45. The van der Waals surface area contributed by atoms with E-state index >= 15 is 0 Å². The molecule has 3 N–H and O–H groups in total. The molecule has 198 valence electrons. The number of ether oxygens (including phenoxy) is 2. The van der Waals surface area contributed by atoms with Crippen LogP contribution in [0.15, 0.2) is 54.7 Å². The van der Waals surface area contributed by atoms with Gasteiger partial charge in [-0.1, -0.05) is 32.0 Å². The van der Waals surface area contributed by atoms with Crippen LogP contribution in [-0.2, 0) is 11.3 Å². The molecule has 0 spiro atoms. The van der Waals surface area contributed by atoms with Crippen molar-refractivity contribution in [3.8, 4) is 17.0 Å². The number of carbonyl (C=O) groups excluding carboxylic acids is 1. The Morgan fingerprint density at radius 2 is 1.79 bits per heavy atom. The molecule has 1 amide bonds. The Hall–Kier alpha value is -4.30. The number of fused-ring (bicyclic) bond motifs is 8. The van der Waals surface area contributed by atoms with Gasteiger partial charge in [-0.05, 0) is 76.1 Å². The van der Waals surface area contributed by atoms with Gasteiger partial charge in [-0.2, -0.15) is 0 Å². The Bertz CT molecular complexity index is 1630. The minimum atomic E-state index is -0.405. The number of nitrogen functional groups attached to an aromatic ring is 1. The Kier molecular flexibility index (Phi) is 6.07. The number of pyridine rings is 2. The van der Waals surface area contributed by atoms with E-state index in [0.29, 0.717) is 29.1 Å². The fourth-order valence-electron chi connectivity index (χ4n) is 5.66. The summed E-state index contributed by atoms with van der Waals surface area (Å²) in [6.07, 6.45) is 0.948. The van der Waals surface area contributed by atoms with Gasteiger partial charge in [-0.25, -0.2) is 14.4 Å². The van der Waals surface area contributed by atoms with Crippen LogP contribution in [0, 0.1) is 12.7 Å². The molecule has 2 atom stereocenters. The Labute approximate surface area is 226 Å². The molecule has 0 radical (unpaired) electrons. The summed E-state index contributed by atoms with van der Waals surface area (Å²) in [4.78, 5) is 21.7. The first-order valence-electron chi connectivity index (χ1n) is 12.9. The van der Waals surface area contributed by atoms with Crippen LogP contribution in [0.4, 0.5) is 10.2 Å². The Morgan fingerprint density at radius 3 is 2.51 bits per heavy atom. The molecule has 0 fully saturated rings. The lowest BCUT2D eigenvalue weighted by atomic mass is 9.84. The van der Waals surface area contributed by atoms with Gasteiger partial charge in [0.25, 0.3) is 5.91 Å². The number of aryl methyl sites for hydroxylation is 1. The lowest BCUT2D eigenvalue weighted by molar-refractivity contribution is 0.0857. The highest BCUT2D eigenvalue weighted by Gasteiger charge is 2.43. The number of carbonyl (C=O) groups is 1. The summed E-state index contributed by atoms with van der Waals surface area (Å²) in [5.41, 5.74) is 14.5. The van der Waals surface area contributed by atoms with E-state index < -0.39 is 5.82 Å². The molecule has 2 aliphatic heterocycles. The smallest absolute Gasteiger partial charge is 0.251 e. The van der Waals surface area contributed by atoms with Gasteiger partial charge in [0.05, 0.1) is 7.11 Å². The topological polar surface area (TPSA) is 99.4 Å². The van der Waals surface area contributed by atoms with Gasteiger partial charge in [0, 0.05) is 35.6 Å². The zero-order chi connectivity index (χ0) is 27.4. The van der Waals surface area contributed by atoms with Crippen molar-refractivity contribution in [1.82, 2.24) is 15.3 Å². The van der Waals surface area contributed by atoms with Crippen molar-refractivity contribution in [3.63, 3.8) is 0 Å². The lowest BCUT2D eigenvalue weighted by Gasteiger charge is -2.19. The van der Waals surface area contributed by atoms with E-state index in [9.17, 15) is 9.18 Å². The number of aromatic nitrogens is 2. The SMILES string of the molecule is COc1cc(F)c(-c2ccc3c(c2)[C@H]2O[C@@H]3c3ccc(C(=O)NCc4c(C(C)C)cc(N)nc4C)cc32)cn1. The van der Waals surface area contributed by atoms with Crippen molar-refractivity contribution >= 4 is 11.7 Å². The van der Waals surface area contributed by atoms with Crippen LogP contribution in [0.5, 0.6) is 5.88 Å². The molecule has 4 heterocycles. The van der Waals surface area contributed by atoms with Crippen molar-refractivity contribution in [2.24, 2.45) is 0 Å². The quantitative estimate of drug-likeness (QED) is 0.333. The van der Waals surface area contributed by atoms with E-state index in [4.69, 9.17) is 15.2 Å². The number of nitrogens with zero attached hydrogens (tertiary/aromatic N) is 2. The van der Waals surface area contributed by atoms with Crippen LogP contribution in [0.25, 0.3) is 11.1 Å². The molecule has 2 bridgehead atoms. The van der Waals surface area contributed by atoms with E-state index in [1.54, 1.807) is 0 Å². The molecule has 0 saturated heterocycles. The van der Waals surface area contributed by atoms with Gasteiger partial charge in [-0.3, -0.25) is 4.79 Å². The molecular formula is C31H29FN4O3. The number of benzene rings is 2. The fraction of sp³-hybridized carbons (Fsp3) is 0.258. The maximum absolute atomic E-state index is 14.7. The van der Waals surface area contributed by atoms with Gasteiger partial charge in [-0.15, -0.1) is 0 Å². The predicted octanol–water partition coefficient (Wildman–Crippen LogP) is 5.76. The van der Waals surface area contributed by atoms with Crippen LogP contribution in [0.2, 0.25) is 0 Å². The third-order valence-corrected chi connectivity index (χ3v) is 7.62. The second-order valence-electron chi connectivity index (χ2n) is 10.3. The maximum atomic E-state index is 14.7. The molecule has 8 heteroatoms. The molecule has 2 aromatic carbocycles. The normalized spacial score (nSPS) is 16.8. The zero-order valence-electron chi connectivity index (χ0n) is 22.2. The van der Waals surface area contributed by atoms with Gasteiger partial charge < -0.3 is 20.5 Å². The van der Waals surface area contributed by atoms with Crippen LogP contribution in [-0.4, -0.2) is 23.0 Å². The van der Waals surface area contributed by atoms with Gasteiger partial charge in [0.2, 0.25) is 5.88 Å². The Morgan fingerprint density at radius 1 is 1.08 bits per heavy atom. The zero-order valence-corrected chi connectivity index (χ0v) is 22.2. The summed E-state index contributed by atoms with van der Waals surface area (Å²) < 4.78 is 26.1. The first-order chi connectivity index (χ1) is 18.7. The molecule has 39 heavy (non-hydrogen) atoms. The van der Waals surface area contributed by atoms with E-state index in [2.05, 4.69) is 29.1 Å². The first-order valence-corrected chi connectivity index (χ1v) is 12.9. The van der Waals surface area contributed by atoms with E-state index in [1.807, 2.05) is 49.4 Å². The molecular weight excluding hydrogens is 495 g/mol. The number of methoxy groups -OCH3 is 1. The number of amides is 1. The number of nitrogens with one attached hydrogen (secondary N) is 1. The highest BCUT2D eigenvalue weighted by molar-refractivity contribution is 5.94. The van der Waals surface area contributed by atoms with Crippen LogP contribution in [0.1, 0.15) is 81.4 Å². The number of nitrogens with two attached hydrogens (primary N) is 1. The molecule has 0 aliphatic carbocycles. The van der Waals surface area contributed by atoms with Crippen molar-refractivity contribution in [3.05, 3.63) is 105 Å². The number of rotatable bonds is 6. The molecule has 0 saturated carbocycles. The minimum absolute atomic E-state index is 0.174. The summed E-state index contributed by atoms with van der Waals surface area (Å²) in [6, 6.07) is 14.7. The number of halogens is 1. The summed E-state index contributed by atoms with van der Waals surface area (Å²) in [6.45, 7) is 6.46. The van der Waals surface area contributed by atoms with Crippen molar-refractivity contribution < 1.29 is 18.7 Å². The summed E-state index contributed by atoms with van der Waals surface area (Å²) >= 11 is 0. The average Bonchev–Trinajstić information content (AvgIpc) is 3.48. The predicted molar refractivity (Wildman–Crippen MR) is 146 cm³/mol. The molecule has 7 nitrogen and oxygen atoms in total. The monoisotopic (exact) mass is 524 g/mol. The maximum Gasteiger partial charge on any atom is 0.251 e. The molecule has 0 unspecified atom stereocenters. The second-order valence-corrected chi connectivity index (χ2v) is 10.3. The molecule has 2 aliphatic rings. The third kappa shape index (κ3) is 4.21. The molecule has 2 aromatic heterocycles. The van der Waals surface area contributed by atoms with Crippen LogP contribution < -0.4 is 15.8 Å². The lowest BCUT2D eigenvalue weighted by Crippen LogP contribution is -2.25.